The zero-order chi connectivity index (χ0) is 13.7. The van der Waals surface area contributed by atoms with E-state index in [0.29, 0.717) is 37.8 Å². The van der Waals surface area contributed by atoms with Crippen molar-refractivity contribution in [2.75, 3.05) is 26.4 Å². The molecular weight excluding hydrogens is 262 g/mol. The molecule has 8 heteroatoms. The first-order valence-electron chi connectivity index (χ1n) is 6.11. The van der Waals surface area contributed by atoms with Gasteiger partial charge in [0, 0.05) is 13.0 Å². The Kier molecular flexibility index (Phi) is 5.17. The van der Waals surface area contributed by atoms with Crippen LogP contribution in [0.2, 0.25) is 0 Å². The molecule has 108 valence electrons. The number of ether oxygens (including phenoxy) is 2. The maximum atomic E-state index is 11.8. The predicted octanol–water partition coefficient (Wildman–Crippen LogP) is 0.759. The summed E-state index contributed by atoms with van der Waals surface area (Å²) in [6.45, 7) is 0.359. The van der Waals surface area contributed by atoms with Crippen LogP contribution in [0.5, 0.6) is 0 Å². The average Bonchev–Trinajstić information content (AvgIpc) is 2.83. The minimum absolute atomic E-state index is 0.104. The summed E-state index contributed by atoms with van der Waals surface area (Å²) >= 11 is 0. The highest BCUT2D eigenvalue weighted by Gasteiger charge is 2.30. The van der Waals surface area contributed by atoms with Gasteiger partial charge in [-0.25, -0.2) is 8.78 Å². The van der Waals surface area contributed by atoms with Crippen molar-refractivity contribution in [2.45, 2.75) is 31.3 Å². The van der Waals surface area contributed by atoms with Gasteiger partial charge in [-0.1, -0.05) is 5.16 Å². The zero-order valence-corrected chi connectivity index (χ0v) is 10.3. The zero-order valence-electron chi connectivity index (χ0n) is 10.3. The number of aliphatic hydroxyl groups excluding tert-OH is 1. The van der Waals surface area contributed by atoms with Crippen LogP contribution in [0.4, 0.5) is 8.78 Å². The lowest BCUT2D eigenvalue weighted by Crippen LogP contribution is -2.30. The molecule has 2 heterocycles. The number of alkyl halides is 2. The van der Waals surface area contributed by atoms with Crippen LogP contribution in [-0.2, 0) is 15.9 Å². The molecule has 1 aromatic heterocycles. The summed E-state index contributed by atoms with van der Waals surface area (Å²) < 4.78 is 38.7. The first-order chi connectivity index (χ1) is 9.16. The molecule has 2 atom stereocenters. The summed E-state index contributed by atoms with van der Waals surface area (Å²) in [5, 5.41) is 13.5. The van der Waals surface area contributed by atoms with Gasteiger partial charge >= 0.3 is 0 Å². The highest BCUT2D eigenvalue weighted by atomic mass is 19.3. The second-order valence-corrected chi connectivity index (χ2v) is 4.30. The average molecular weight is 278 g/mol. The highest BCUT2D eigenvalue weighted by molar-refractivity contribution is 4.99. The van der Waals surface area contributed by atoms with Gasteiger partial charge in [-0.3, -0.25) is 0 Å². The third kappa shape index (κ3) is 4.19. The molecule has 0 radical (unpaired) electrons. The van der Waals surface area contributed by atoms with E-state index in [1.54, 1.807) is 0 Å². The Morgan fingerprint density at radius 2 is 2.32 bits per heavy atom. The molecule has 1 aromatic rings. The Bertz CT molecular complexity index is 389. The van der Waals surface area contributed by atoms with E-state index in [1.807, 2.05) is 0 Å². The molecule has 0 aliphatic carbocycles. The van der Waals surface area contributed by atoms with Gasteiger partial charge in [0.05, 0.1) is 25.2 Å². The molecule has 6 nitrogen and oxygen atoms in total. The molecular formula is C11H16F2N2O4. The highest BCUT2D eigenvalue weighted by Crippen LogP contribution is 2.24. The summed E-state index contributed by atoms with van der Waals surface area (Å²) in [6, 6.07) is 0. The third-order valence-corrected chi connectivity index (χ3v) is 2.83. The van der Waals surface area contributed by atoms with Crippen LogP contribution in [0.15, 0.2) is 4.52 Å². The van der Waals surface area contributed by atoms with E-state index in [2.05, 4.69) is 10.1 Å². The quantitative estimate of drug-likeness (QED) is 0.774. The summed E-state index contributed by atoms with van der Waals surface area (Å²) in [4.78, 5) is 4.12. The first kappa shape index (κ1) is 14.3. The van der Waals surface area contributed by atoms with E-state index in [-0.39, 0.29) is 12.5 Å². The van der Waals surface area contributed by atoms with Gasteiger partial charge in [0.2, 0.25) is 5.89 Å². The monoisotopic (exact) mass is 278 g/mol. The molecule has 1 N–H and O–H groups in total. The van der Waals surface area contributed by atoms with Gasteiger partial charge in [-0.15, -0.1) is 0 Å². The third-order valence-electron chi connectivity index (χ3n) is 2.83. The summed E-state index contributed by atoms with van der Waals surface area (Å²) in [6.07, 6.45) is -2.22. The maximum Gasteiger partial charge on any atom is 0.261 e. The van der Waals surface area contributed by atoms with Gasteiger partial charge in [-0.05, 0) is 6.42 Å². The number of aliphatic hydroxyl groups is 1. The van der Waals surface area contributed by atoms with Crippen molar-refractivity contribution >= 4 is 0 Å². The number of nitrogens with zero attached hydrogens (tertiary/aromatic N) is 2. The predicted molar refractivity (Wildman–Crippen MR) is 59.0 cm³/mol. The van der Waals surface area contributed by atoms with Gasteiger partial charge in [0.1, 0.15) is 6.61 Å². The smallest absolute Gasteiger partial charge is 0.261 e. The Hall–Kier alpha value is -1.12. The fourth-order valence-electron chi connectivity index (χ4n) is 1.82. The second kappa shape index (κ2) is 6.88. The van der Waals surface area contributed by atoms with Crippen LogP contribution < -0.4 is 0 Å². The standard InChI is InChI=1S/C11H16F2N2O4/c12-9(13)6-18-4-2-10-14-11(19-15-10)7-5-17-3-1-8(7)16/h7-9,16H,1-6H2. The van der Waals surface area contributed by atoms with E-state index < -0.39 is 19.1 Å². The number of aromatic nitrogens is 2. The lowest BCUT2D eigenvalue weighted by atomic mass is 9.99. The molecule has 1 aliphatic heterocycles. The van der Waals surface area contributed by atoms with Crippen molar-refractivity contribution < 1.29 is 27.9 Å². The molecule has 0 saturated carbocycles. The number of rotatable bonds is 6. The Morgan fingerprint density at radius 1 is 1.47 bits per heavy atom. The Labute approximate surface area is 108 Å². The molecule has 1 aliphatic rings. The van der Waals surface area contributed by atoms with Crippen molar-refractivity contribution in [1.82, 2.24) is 10.1 Å². The van der Waals surface area contributed by atoms with Crippen LogP contribution >= 0.6 is 0 Å². The molecule has 1 fully saturated rings. The van der Waals surface area contributed by atoms with E-state index in [4.69, 9.17) is 14.0 Å². The molecule has 2 unspecified atom stereocenters. The van der Waals surface area contributed by atoms with Crippen molar-refractivity contribution in [1.29, 1.82) is 0 Å². The molecule has 1 saturated heterocycles. The fourth-order valence-corrected chi connectivity index (χ4v) is 1.82. The van der Waals surface area contributed by atoms with E-state index in [9.17, 15) is 13.9 Å². The maximum absolute atomic E-state index is 11.8. The lowest BCUT2D eigenvalue weighted by Gasteiger charge is -2.24. The van der Waals surface area contributed by atoms with Crippen molar-refractivity contribution in [3.63, 3.8) is 0 Å². The minimum atomic E-state index is -2.48. The van der Waals surface area contributed by atoms with Gasteiger partial charge in [0.15, 0.2) is 5.82 Å². The molecule has 2 rings (SSSR count). The van der Waals surface area contributed by atoms with Crippen LogP contribution in [0, 0.1) is 0 Å². The van der Waals surface area contributed by atoms with Gasteiger partial charge in [-0.2, -0.15) is 4.98 Å². The molecule has 19 heavy (non-hydrogen) atoms. The largest absolute Gasteiger partial charge is 0.392 e. The van der Waals surface area contributed by atoms with Gasteiger partial charge < -0.3 is 19.1 Å². The van der Waals surface area contributed by atoms with Crippen molar-refractivity contribution in [3.05, 3.63) is 11.7 Å². The summed E-state index contributed by atoms with van der Waals surface area (Å²) in [7, 11) is 0. The van der Waals surface area contributed by atoms with Crippen LogP contribution in [0.1, 0.15) is 24.1 Å². The lowest BCUT2D eigenvalue weighted by molar-refractivity contribution is -0.0149. The van der Waals surface area contributed by atoms with E-state index in [0.717, 1.165) is 0 Å². The minimum Gasteiger partial charge on any atom is -0.392 e. The number of hydrogen-bond donors (Lipinski definition) is 1. The number of hydrogen-bond acceptors (Lipinski definition) is 6. The first-order valence-corrected chi connectivity index (χ1v) is 6.11. The van der Waals surface area contributed by atoms with E-state index in [1.165, 1.54) is 0 Å². The van der Waals surface area contributed by atoms with E-state index >= 15 is 0 Å². The Morgan fingerprint density at radius 3 is 3.05 bits per heavy atom. The van der Waals surface area contributed by atoms with Crippen LogP contribution in [-0.4, -0.2) is 54.2 Å². The summed E-state index contributed by atoms with van der Waals surface area (Å²) in [5.41, 5.74) is 0. The Balaban J connectivity index is 1.81. The SMILES string of the molecule is OC1CCOCC1c1nc(CCOCC(F)F)no1. The van der Waals surface area contributed by atoms with Crippen molar-refractivity contribution in [3.8, 4) is 0 Å². The fraction of sp³-hybridized carbons (Fsp3) is 0.818. The van der Waals surface area contributed by atoms with Gasteiger partial charge in [0.25, 0.3) is 6.43 Å². The van der Waals surface area contributed by atoms with Crippen LogP contribution in [0.25, 0.3) is 0 Å². The topological polar surface area (TPSA) is 77.6 Å². The normalized spacial score (nSPS) is 24.0. The molecule has 0 aromatic carbocycles. The molecule has 0 spiro atoms. The van der Waals surface area contributed by atoms with Crippen molar-refractivity contribution in [2.24, 2.45) is 0 Å². The second-order valence-electron chi connectivity index (χ2n) is 4.30. The molecule has 0 bridgehead atoms. The number of halogens is 2. The van der Waals surface area contributed by atoms with Crippen LogP contribution in [0.3, 0.4) is 0 Å². The summed E-state index contributed by atoms with van der Waals surface area (Å²) in [5.74, 6) is 0.370. The molecule has 0 amide bonds.